The van der Waals surface area contributed by atoms with Gasteiger partial charge in [-0.1, -0.05) is 18.5 Å². The fraction of sp³-hybridized carbons (Fsp3) is 0.500. The molecule has 0 saturated carbocycles. The Morgan fingerprint density at radius 2 is 2.29 bits per heavy atom. The van der Waals surface area contributed by atoms with Crippen LogP contribution in [0.15, 0.2) is 22.7 Å². The van der Waals surface area contributed by atoms with Gasteiger partial charge in [0.15, 0.2) is 0 Å². The summed E-state index contributed by atoms with van der Waals surface area (Å²) in [5.41, 5.74) is 0. The van der Waals surface area contributed by atoms with Crippen molar-refractivity contribution < 1.29 is 8.42 Å². The third kappa shape index (κ3) is 2.73. The first-order valence-corrected chi connectivity index (χ1v) is 9.29. The lowest BCUT2D eigenvalue weighted by Crippen LogP contribution is -2.28. The minimum Gasteiger partial charge on any atom is -0.313 e. The standard InChI is InChI=1S/C12H15ClN4O2S2/c1-2-11-15-14-8-17(11)9-5-6-16(7-9)21(18,19)12-4-3-10(13)20-12/h3-4,8-9H,2,5-7H2,1H3/t9-/m0/s1. The molecule has 0 unspecified atom stereocenters. The predicted molar refractivity (Wildman–Crippen MR) is 81.1 cm³/mol. The van der Waals surface area contributed by atoms with Crippen LogP contribution in [0.1, 0.15) is 25.2 Å². The molecule has 21 heavy (non-hydrogen) atoms. The second kappa shape index (κ2) is 5.68. The zero-order valence-corrected chi connectivity index (χ0v) is 13.8. The summed E-state index contributed by atoms with van der Waals surface area (Å²) < 4.78 is 29.4. The number of thiophene rings is 1. The van der Waals surface area contributed by atoms with Gasteiger partial charge in [0.1, 0.15) is 16.4 Å². The molecule has 0 N–H and O–H groups in total. The van der Waals surface area contributed by atoms with E-state index in [2.05, 4.69) is 10.2 Å². The molecule has 3 rings (SSSR count). The van der Waals surface area contributed by atoms with Crippen LogP contribution in [0.5, 0.6) is 0 Å². The van der Waals surface area contributed by atoms with E-state index in [-0.39, 0.29) is 6.04 Å². The summed E-state index contributed by atoms with van der Waals surface area (Å²) in [5, 5.41) is 7.97. The molecular formula is C12H15ClN4O2S2. The molecule has 0 amide bonds. The van der Waals surface area contributed by atoms with Crippen LogP contribution < -0.4 is 0 Å². The van der Waals surface area contributed by atoms with Gasteiger partial charge in [-0.15, -0.1) is 21.5 Å². The summed E-state index contributed by atoms with van der Waals surface area (Å²) in [7, 11) is -3.45. The molecule has 6 nitrogen and oxygen atoms in total. The highest BCUT2D eigenvalue weighted by Crippen LogP contribution is 2.32. The van der Waals surface area contributed by atoms with E-state index in [1.165, 1.54) is 4.31 Å². The highest BCUT2D eigenvalue weighted by Gasteiger charge is 2.34. The van der Waals surface area contributed by atoms with Gasteiger partial charge in [0.05, 0.1) is 10.4 Å². The van der Waals surface area contributed by atoms with Crippen molar-refractivity contribution in [2.45, 2.75) is 30.0 Å². The molecule has 1 aliphatic rings. The summed E-state index contributed by atoms with van der Waals surface area (Å²) >= 11 is 6.93. The molecular weight excluding hydrogens is 332 g/mol. The number of sulfonamides is 1. The summed E-state index contributed by atoms with van der Waals surface area (Å²) in [6.07, 6.45) is 3.23. The Morgan fingerprint density at radius 1 is 1.48 bits per heavy atom. The van der Waals surface area contributed by atoms with E-state index in [0.29, 0.717) is 21.6 Å². The number of hydrogen-bond acceptors (Lipinski definition) is 5. The molecule has 2 aromatic rings. The molecule has 3 heterocycles. The summed E-state index contributed by atoms with van der Waals surface area (Å²) in [4.78, 5) is 0. The number of halogens is 1. The average Bonchev–Trinajstić information content (AvgIpc) is 3.17. The van der Waals surface area contributed by atoms with Crippen LogP contribution in [0.2, 0.25) is 4.34 Å². The zero-order chi connectivity index (χ0) is 15.0. The summed E-state index contributed by atoms with van der Waals surface area (Å²) in [6.45, 7) is 2.96. The number of aryl methyl sites for hydroxylation is 1. The van der Waals surface area contributed by atoms with Gasteiger partial charge in [0.2, 0.25) is 0 Å². The number of hydrogen-bond donors (Lipinski definition) is 0. The molecule has 2 aromatic heterocycles. The molecule has 1 atom stereocenters. The Morgan fingerprint density at radius 3 is 2.95 bits per heavy atom. The third-order valence-electron chi connectivity index (χ3n) is 3.63. The van der Waals surface area contributed by atoms with Crippen LogP contribution in [0.25, 0.3) is 0 Å². The van der Waals surface area contributed by atoms with E-state index in [4.69, 9.17) is 11.6 Å². The van der Waals surface area contributed by atoms with Crippen molar-refractivity contribution in [3.63, 3.8) is 0 Å². The lowest BCUT2D eigenvalue weighted by molar-refractivity contribution is 0.448. The van der Waals surface area contributed by atoms with Crippen LogP contribution in [-0.2, 0) is 16.4 Å². The number of rotatable bonds is 4. The molecule has 0 aromatic carbocycles. The quantitative estimate of drug-likeness (QED) is 0.851. The average molecular weight is 347 g/mol. The maximum atomic E-state index is 12.6. The van der Waals surface area contributed by atoms with Gasteiger partial charge in [-0.3, -0.25) is 0 Å². The second-order valence-electron chi connectivity index (χ2n) is 4.87. The van der Waals surface area contributed by atoms with Gasteiger partial charge >= 0.3 is 0 Å². The monoisotopic (exact) mass is 346 g/mol. The first-order chi connectivity index (χ1) is 10.0. The Hall–Kier alpha value is -0.960. The van der Waals surface area contributed by atoms with Gasteiger partial charge in [-0.2, -0.15) is 4.31 Å². The van der Waals surface area contributed by atoms with Gasteiger partial charge in [-0.25, -0.2) is 8.42 Å². The van der Waals surface area contributed by atoms with Crippen LogP contribution in [0.3, 0.4) is 0 Å². The Kier molecular flexibility index (Phi) is 4.04. The molecule has 0 bridgehead atoms. The van der Waals surface area contributed by atoms with Crippen LogP contribution in [0, 0.1) is 0 Å². The van der Waals surface area contributed by atoms with Gasteiger partial charge in [0.25, 0.3) is 10.0 Å². The maximum Gasteiger partial charge on any atom is 0.252 e. The van der Waals surface area contributed by atoms with Crippen LogP contribution in [-0.4, -0.2) is 40.6 Å². The normalized spacial score (nSPS) is 20.2. The lowest BCUT2D eigenvalue weighted by atomic mass is 10.2. The van der Waals surface area contributed by atoms with Crippen LogP contribution in [0.4, 0.5) is 0 Å². The first-order valence-electron chi connectivity index (χ1n) is 6.66. The molecule has 1 aliphatic heterocycles. The van der Waals surface area contributed by atoms with E-state index in [1.807, 2.05) is 11.5 Å². The number of aromatic nitrogens is 3. The zero-order valence-electron chi connectivity index (χ0n) is 11.4. The number of nitrogens with zero attached hydrogens (tertiary/aromatic N) is 4. The molecule has 9 heteroatoms. The molecule has 0 radical (unpaired) electrons. The molecule has 0 aliphatic carbocycles. The van der Waals surface area contributed by atoms with E-state index in [0.717, 1.165) is 30.0 Å². The van der Waals surface area contributed by atoms with Crippen molar-refractivity contribution in [2.24, 2.45) is 0 Å². The minimum absolute atomic E-state index is 0.0974. The lowest BCUT2D eigenvalue weighted by Gasteiger charge is -2.16. The molecule has 0 spiro atoms. The van der Waals surface area contributed by atoms with Gasteiger partial charge < -0.3 is 4.57 Å². The maximum absolute atomic E-state index is 12.6. The smallest absolute Gasteiger partial charge is 0.252 e. The van der Waals surface area contributed by atoms with Crippen molar-refractivity contribution in [1.29, 1.82) is 0 Å². The van der Waals surface area contributed by atoms with Crippen molar-refractivity contribution in [3.05, 3.63) is 28.6 Å². The Balaban J connectivity index is 1.81. The Bertz CT molecular complexity index is 740. The van der Waals surface area contributed by atoms with E-state index < -0.39 is 10.0 Å². The van der Waals surface area contributed by atoms with Gasteiger partial charge in [-0.05, 0) is 18.6 Å². The highest BCUT2D eigenvalue weighted by molar-refractivity contribution is 7.91. The highest BCUT2D eigenvalue weighted by atomic mass is 35.5. The van der Waals surface area contributed by atoms with Crippen molar-refractivity contribution in [1.82, 2.24) is 19.1 Å². The SMILES string of the molecule is CCc1nncn1[C@H]1CCN(S(=O)(=O)c2ccc(Cl)s2)C1. The molecule has 1 fully saturated rings. The largest absolute Gasteiger partial charge is 0.313 e. The summed E-state index contributed by atoms with van der Waals surface area (Å²) in [5.74, 6) is 0.887. The topological polar surface area (TPSA) is 68.1 Å². The van der Waals surface area contributed by atoms with E-state index in [1.54, 1.807) is 18.5 Å². The van der Waals surface area contributed by atoms with Crippen molar-refractivity contribution >= 4 is 33.0 Å². The van der Waals surface area contributed by atoms with Crippen molar-refractivity contribution in [3.8, 4) is 0 Å². The van der Waals surface area contributed by atoms with Gasteiger partial charge in [0, 0.05) is 19.5 Å². The predicted octanol–water partition coefficient (Wildman–Crippen LogP) is 2.19. The van der Waals surface area contributed by atoms with E-state index in [9.17, 15) is 8.42 Å². The van der Waals surface area contributed by atoms with Crippen molar-refractivity contribution in [2.75, 3.05) is 13.1 Å². The summed E-state index contributed by atoms with van der Waals surface area (Å²) in [6, 6.07) is 3.27. The first kappa shape index (κ1) is 15.0. The fourth-order valence-corrected chi connectivity index (χ4v) is 5.67. The molecule has 1 saturated heterocycles. The third-order valence-corrected chi connectivity index (χ3v) is 7.19. The Labute approximate surface area is 132 Å². The van der Waals surface area contributed by atoms with E-state index >= 15 is 0 Å². The second-order valence-corrected chi connectivity index (χ2v) is 8.75. The van der Waals surface area contributed by atoms with Crippen LogP contribution >= 0.6 is 22.9 Å². The molecule has 114 valence electrons. The minimum atomic E-state index is -3.45. The fourth-order valence-electron chi connectivity index (χ4n) is 2.54.